The van der Waals surface area contributed by atoms with Crippen molar-refractivity contribution in [2.75, 3.05) is 26.3 Å². The minimum atomic E-state index is -0.219. The van der Waals surface area contributed by atoms with Crippen LogP contribution in [0.1, 0.15) is 27.4 Å². The molecule has 2 aromatic rings. The third-order valence-electron chi connectivity index (χ3n) is 3.81. The third-order valence-corrected chi connectivity index (χ3v) is 3.81. The maximum absolute atomic E-state index is 12.1. The van der Waals surface area contributed by atoms with Gasteiger partial charge in [-0.25, -0.2) is 0 Å². The van der Waals surface area contributed by atoms with Gasteiger partial charge in [0.1, 0.15) is 0 Å². The molecule has 1 N–H and O–H groups in total. The van der Waals surface area contributed by atoms with Gasteiger partial charge in [0.25, 0.3) is 5.91 Å². The van der Waals surface area contributed by atoms with E-state index in [9.17, 15) is 4.79 Å². The van der Waals surface area contributed by atoms with Crippen LogP contribution in [-0.4, -0.2) is 42.3 Å². The molecule has 6 nitrogen and oxygen atoms in total. The first-order valence-electron chi connectivity index (χ1n) is 7.80. The third kappa shape index (κ3) is 4.40. The first-order valence-corrected chi connectivity index (χ1v) is 7.80. The molecular weight excluding hydrogens is 294 g/mol. The van der Waals surface area contributed by atoms with Crippen molar-refractivity contribution in [3.63, 3.8) is 0 Å². The van der Waals surface area contributed by atoms with Gasteiger partial charge < -0.3 is 14.6 Å². The van der Waals surface area contributed by atoms with Crippen molar-refractivity contribution in [3.8, 4) is 0 Å². The number of hydrogen-bond acceptors (Lipinski definition) is 5. The molecule has 23 heavy (non-hydrogen) atoms. The van der Waals surface area contributed by atoms with Crippen LogP contribution in [-0.2, 0) is 17.8 Å². The number of aryl methyl sites for hydroxylation is 1. The van der Waals surface area contributed by atoms with Gasteiger partial charge in [0.15, 0.2) is 11.5 Å². The predicted molar refractivity (Wildman–Crippen MR) is 84.9 cm³/mol. The van der Waals surface area contributed by atoms with Gasteiger partial charge in [-0.3, -0.25) is 9.69 Å². The summed E-state index contributed by atoms with van der Waals surface area (Å²) in [7, 11) is 0. The second kappa shape index (κ2) is 7.39. The highest BCUT2D eigenvalue weighted by molar-refractivity contribution is 5.92. The number of rotatable bonds is 5. The zero-order valence-electron chi connectivity index (χ0n) is 13.2. The first-order chi connectivity index (χ1) is 11.2. The lowest BCUT2D eigenvalue weighted by molar-refractivity contribution is 0.0305. The molecule has 1 fully saturated rings. The van der Waals surface area contributed by atoms with Crippen molar-refractivity contribution in [3.05, 3.63) is 52.9 Å². The molecule has 3 rings (SSSR count). The van der Waals surface area contributed by atoms with Crippen LogP contribution in [0, 0.1) is 6.92 Å². The number of hydrogen-bond donors (Lipinski definition) is 1. The van der Waals surface area contributed by atoms with Gasteiger partial charge in [-0.2, -0.15) is 0 Å². The lowest BCUT2D eigenvalue weighted by Crippen LogP contribution is -2.35. The van der Waals surface area contributed by atoms with E-state index in [2.05, 4.69) is 15.4 Å². The molecule has 122 valence electrons. The number of nitrogens with zero attached hydrogens (tertiary/aromatic N) is 2. The van der Waals surface area contributed by atoms with E-state index in [-0.39, 0.29) is 5.91 Å². The van der Waals surface area contributed by atoms with E-state index in [1.165, 1.54) is 5.56 Å². The Morgan fingerprint density at radius 1 is 1.30 bits per heavy atom. The summed E-state index contributed by atoms with van der Waals surface area (Å²) >= 11 is 0. The first kappa shape index (κ1) is 15.7. The highest BCUT2D eigenvalue weighted by atomic mass is 16.5. The Labute approximate surface area is 135 Å². The zero-order valence-corrected chi connectivity index (χ0v) is 13.2. The minimum Gasteiger partial charge on any atom is -0.379 e. The van der Waals surface area contributed by atoms with Gasteiger partial charge in [-0.1, -0.05) is 35.0 Å². The normalized spacial score (nSPS) is 15.5. The standard InChI is InChI=1S/C17H21N3O3/c1-13-3-2-4-14(9-13)11-18-17(21)16-10-15(23-19-16)12-20-5-7-22-8-6-20/h2-4,9-10H,5-8,11-12H2,1H3,(H,18,21). The molecule has 1 aromatic heterocycles. The average molecular weight is 315 g/mol. The maximum atomic E-state index is 12.1. The van der Waals surface area contributed by atoms with Crippen LogP contribution in [0.3, 0.4) is 0 Å². The second-order valence-corrected chi connectivity index (χ2v) is 5.74. The summed E-state index contributed by atoms with van der Waals surface area (Å²) in [6, 6.07) is 9.75. The number of aromatic nitrogens is 1. The summed E-state index contributed by atoms with van der Waals surface area (Å²) < 4.78 is 10.6. The summed E-state index contributed by atoms with van der Waals surface area (Å²) in [6.07, 6.45) is 0. The number of carbonyl (C=O) groups is 1. The predicted octanol–water partition coefficient (Wildman–Crippen LogP) is 1.75. The summed E-state index contributed by atoms with van der Waals surface area (Å²) in [4.78, 5) is 14.4. The van der Waals surface area contributed by atoms with Crippen molar-refractivity contribution in [2.45, 2.75) is 20.0 Å². The quantitative estimate of drug-likeness (QED) is 0.910. The monoisotopic (exact) mass is 315 g/mol. The van der Waals surface area contributed by atoms with Crippen LogP contribution < -0.4 is 5.32 Å². The van der Waals surface area contributed by atoms with Crippen molar-refractivity contribution < 1.29 is 14.1 Å². The minimum absolute atomic E-state index is 0.219. The van der Waals surface area contributed by atoms with Gasteiger partial charge in [0.05, 0.1) is 19.8 Å². The number of carbonyl (C=O) groups excluding carboxylic acids is 1. The van der Waals surface area contributed by atoms with Crippen LogP contribution in [0.4, 0.5) is 0 Å². The molecule has 0 saturated carbocycles. The number of ether oxygens (including phenoxy) is 1. The summed E-state index contributed by atoms with van der Waals surface area (Å²) in [6.45, 7) is 6.37. The number of benzene rings is 1. The van der Waals surface area contributed by atoms with Gasteiger partial charge in [-0.15, -0.1) is 0 Å². The molecule has 2 heterocycles. The molecule has 1 aliphatic rings. The van der Waals surface area contributed by atoms with Crippen molar-refractivity contribution >= 4 is 5.91 Å². The van der Waals surface area contributed by atoms with Crippen LogP contribution in [0.25, 0.3) is 0 Å². The summed E-state index contributed by atoms with van der Waals surface area (Å²) in [5, 5.41) is 6.73. The summed E-state index contributed by atoms with van der Waals surface area (Å²) in [5.41, 5.74) is 2.56. The Hall–Kier alpha value is -2.18. The SMILES string of the molecule is Cc1cccc(CNC(=O)c2cc(CN3CCOCC3)on2)c1. The maximum Gasteiger partial charge on any atom is 0.273 e. The zero-order chi connectivity index (χ0) is 16.1. The number of nitrogens with one attached hydrogen (secondary N) is 1. The van der Waals surface area contributed by atoms with Crippen LogP contribution in [0.5, 0.6) is 0 Å². The highest BCUT2D eigenvalue weighted by Crippen LogP contribution is 2.10. The fraction of sp³-hybridized carbons (Fsp3) is 0.412. The van der Waals surface area contributed by atoms with E-state index in [4.69, 9.17) is 9.26 Å². The van der Waals surface area contributed by atoms with Crippen molar-refractivity contribution in [1.82, 2.24) is 15.4 Å². The van der Waals surface area contributed by atoms with Gasteiger partial charge in [0, 0.05) is 25.7 Å². The van der Waals surface area contributed by atoms with Crippen LogP contribution in [0.2, 0.25) is 0 Å². The number of morpholine rings is 1. The Morgan fingerprint density at radius 3 is 2.91 bits per heavy atom. The smallest absolute Gasteiger partial charge is 0.273 e. The van der Waals surface area contributed by atoms with E-state index in [1.807, 2.05) is 31.2 Å². The van der Waals surface area contributed by atoms with Gasteiger partial charge in [0.2, 0.25) is 0 Å². The molecule has 0 aliphatic carbocycles. The second-order valence-electron chi connectivity index (χ2n) is 5.74. The Kier molecular flexibility index (Phi) is 5.05. The Balaban J connectivity index is 1.53. The molecule has 0 unspecified atom stereocenters. The Morgan fingerprint density at radius 2 is 2.13 bits per heavy atom. The summed E-state index contributed by atoms with van der Waals surface area (Å²) in [5.74, 6) is 0.482. The molecule has 0 spiro atoms. The lowest BCUT2D eigenvalue weighted by Gasteiger charge is -2.25. The molecule has 1 saturated heterocycles. The molecule has 0 bridgehead atoms. The van der Waals surface area contributed by atoms with Crippen LogP contribution >= 0.6 is 0 Å². The Bertz CT molecular complexity index is 663. The lowest BCUT2D eigenvalue weighted by atomic mass is 10.1. The molecule has 0 atom stereocenters. The molecule has 6 heteroatoms. The van der Waals surface area contributed by atoms with Crippen molar-refractivity contribution in [2.24, 2.45) is 0 Å². The van der Waals surface area contributed by atoms with E-state index >= 15 is 0 Å². The van der Waals surface area contributed by atoms with Gasteiger partial charge in [-0.05, 0) is 12.5 Å². The van der Waals surface area contributed by atoms with E-state index < -0.39 is 0 Å². The average Bonchev–Trinajstić information content (AvgIpc) is 3.02. The number of amides is 1. The highest BCUT2D eigenvalue weighted by Gasteiger charge is 2.16. The molecule has 1 aromatic carbocycles. The van der Waals surface area contributed by atoms with Crippen molar-refractivity contribution in [1.29, 1.82) is 0 Å². The van der Waals surface area contributed by atoms with E-state index in [0.29, 0.717) is 24.5 Å². The fourth-order valence-electron chi connectivity index (χ4n) is 2.57. The molecule has 1 aliphatic heterocycles. The van der Waals surface area contributed by atoms with Gasteiger partial charge >= 0.3 is 0 Å². The van der Waals surface area contributed by atoms with Crippen LogP contribution in [0.15, 0.2) is 34.9 Å². The fourth-order valence-corrected chi connectivity index (χ4v) is 2.57. The largest absolute Gasteiger partial charge is 0.379 e. The van der Waals surface area contributed by atoms with E-state index in [0.717, 1.165) is 31.9 Å². The molecule has 0 radical (unpaired) electrons. The topological polar surface area (TPSA) is 67.6 Å². The van der Waals surface area contributed by atoms with E-state index in [1.54, 1.807) is 6.07 Å². The molecular formula is C17H21N3O3. The molecule has 1 amide bonds.